The molecule has 0 radical (unpaired) electrons. The summed E-state index contributed by atoms with van der Waals surface area (Å²) >= 11 is 0. The molecule has 1 N–H and O–H groups in total. The Morgan fingerprint density at radius 2 is 2.09 bits per heavy atom. The number of hydrogen-bond acceptors (Lipinski definition) is 1. The highest BCUT2D eigenvalue weighted by molar-refractivity contribution is 5.08. The maximum absolute atomic E-state index is 8.60. The molecule has 11 heavy (non-hydrogen) atoms. The molecule has 0 rings (SSSR count). The molecule has 0 aromatic rings. The van der Waals surface area contributed by atoms with Crippen LogP contribution in [0.25, 0.3) is 0 Å². The van der Waals surface area contributed by atoms with Gasteiger partial charge >= 0.3 is 0 Å². The van der Waals surface area contributed by atoms with E-state index in [1.165, 1.54) is 5.57 Å². The zero-order chi connectivity index (χ0) is 8.69. The summed E-state index contributed by atoms with van der Waals surface area (Å²) in [6.45, 7) is 6.52. The highest BCUT2D eigenvalue weighted by Crippen LogP contribution is 2.02. The van der Waals surface area contributed by atoms with Crippen LogP contribution in [0, 0.1) is 5.92 Å². The third-order valence-corrected chi connectivity index (χ3v) is 1.45. The van der Waals surface area contributed by atoms with Gasteiger partial charge in [-0.15, -0.1) is 0 Å². The normalized spacial score (nSPS) is 13.5. The van der Waals surface area contributed by atoms with Gasteiger partial charge in [0, 0.05) is 6.61 Å². The van der Waals surface area contributed by atoms with Crippen LogP contribution >= 0.6 is 0 Å². The van der Waals surface area contributed by atoms with Gasteiger partial charge in [0.1, 0.15) is 0 Å². The first-order valence-electron chi connectivity index (χ1n) is 4.09. The summed E-state index contributed by atoms with van der Waals surface area (Å²) < 4.78 is 0. The minimum atomic E-state index is 0.278. The lowest BCUT2D eigenvalue weighted by Crippen LogP contribution is -1.92. The first kappa shape index (κ1) is 10.4. The topological polar surface area (TPSA) is 20.2 Å². The van der Waals surface area contributed by atoms with Crippen molar-refractivity contribution in [3.8, 4) is 0 Å². The van der Waals surface area contributed by atoms with Gasteiger partial charge in [-0.2, -0.15) is 0 Å². The molecule has 1 unspecified atom stereocenters. The number of hydrogen-bond donors (Lipinski definition) is 1. The third-order valence-electron chi connectivity index (χ3n) is 1.45. The van der Waals surface area contributed by atoms with E-state index in [0.29, 0.717) is 5.92 Å². The number of allylic oxidation sites excluding steroid dienone is 4. The van der Waals surface area contributed by atoms with Crippen molar-refractivity contribution in [1.82, 2.24) is 0 Å². The van der Waals surface area contributed by atoms with E-state index in [1.54, 1.807) is 0 Å². The highest BCUT2D eigenvalue weighted by Gasteiger charge is 1.92. The lowest BCUT2D eigenvalue weighted by atomic mass is 10.1. The van der Waals surface area contributed by atoms with Crippen LogP contribution in [0.15, 0.2) is 23.8 Å². The fourth-order valence-corrected chi connectivity index (χ4v) is 0.738. The Kier molecular flexibility index (Phi) is 5.86. The smallest absolute Gasteiger partial charge is 0.0436 e. The minimum absolute atomic E-state index is 0.278. The maximum atomic E-state index is 8.60. The van der Waals surface area contributed by atoms with Gasteiger partial charge in [-0.1, -0.05) is 30.7 Å². The number of aliphatic hydroxyl groups excluding tert-OH is 1. The van der Waals surface area contributed by atoms with Gasteiger partial charge in [0.25, 0.3) is 0 Å². The molecule has 0 aliphatic rings. The number of aliphatic hydroxyl groups is 1. The van der Waals surface area contributed by atoms with Crippen molar-refractivity contribution >= 4 is 0 Å². The molecular weight excluding hydrogens is 136 g/mol. The summed E-state index contributed by atoms with van der Waals surface area (Å²) in [5.41, 5.74) is 1.30. The molecule has 1 atom stereocenters. The lowest BCUT2D eigenvalue weighted by molar-refractivity contribution is 0.274. The van der Waals surface area contributed by atoms with Crippen molar-refractivity contribution in [3.05, 3.63) is 23.8 Å². The second kappa shape index (κ2) is 6.17. The fraction of sp³-hybridized carbons (Fsp3) is 0.600. The Hall–Kier alpha value is -0.560. The SMILES string of the molecule is CC(C)=CC=CC(C)CCO. The third kappa shape index (κ3) is 7.34. The molecule has 0 saturated carbocycles. The molecule has 1 nitrogen and oxygen atoms in total. The predicted molar refractivity (Wildman–Crippen MR) is 49.4 cm³/mol. The van der Waals surface area contributed by atoms with Crippen molar-refractivity contribution in [3.63, 3.8) is 0 Å². The summed E-state index contributed by atoms with van der Waals surface area (Å²) in [5, 5.41) is 8.60. The van der Waals surface area contributed by atoms with E-state index in [-0.39, 0.29) is 6.61 Å². The van der Waals surface area contributed by atoms with Gasteiger partial charge in [-0.05, 0) is 26.2 Å². The lowest BCUT2D eigenvalue weighted by Gasteiger charge is -2.00. The van der Waals surface area contributed by atoms with Gasteiger partial charge in [-0.3, -0.25) is 0 Å². The zero-order valence-electron chi connectivity index (χ0n) is 7.67. The van der Waals surface area contributed by atoms with Crippen LogP contribution in [0.3, 0.4) is 0 Å². The van der Waals surface area contributed by atoms with Crippen molar-refractivity contribution in [2.24, 2.45) is 5.92 Å². The van der Waals surface area contributed by atoms with Crippen LogP contribution in [0.1, 0.15) is 27.2 Å². The molecule has 0 saturated heterocycles. The Bertz CT molecular complexity index is 141. The molecule has 0 fully saturated rings. The molecule has 0 aromatic heterocycles. The van der Waals surface area contributed by atoms with E-state index in [1.807, 2.05) is 0 Å². The van der Waals surface area contributed by atoms with Crippen molar-refractivity contribution in [2.75, 3.05) is 6.61 Å². The van der Waals surface area contributed by atoms with E-state index >= 15 is 0 Å². The van der Waals surface area contributed by atoms with Gasteiger partial charge in [0.05, 0.1) is 0 Å². The molecule has 0 heterocycles. The first-order chi connectivity index (χ1) is 5.16. The Morgan fingerprint density at radius 3 is 2.55 bits per heavy atom. The Balaban J connectivity index is 3.64. The highest BCUT2D eigenvalue weighted by atomic mass is 16.2. The summed E-state index contributed by atoms with van der Waals surface area (Å²) in [6, 6.07) is 0. The van der Waals surface area contributed by atoms with Gasteiger partial charge in [0.2, 0.25) is 0 Å². The van der Waals surface area contributed by atoms with E-state index in [4.69, 9.17) is 5.11 Å². The van der Waals surface area contributed by atoms with E-state index < -0.39 is 0 Å². The maximum Gasteiger partial charge on any atom is 0.0436 e. The zero-order valence-corrected chi connectivity index (χ0v) is 7.67. The van der Waals surface area contributed by atoms with E-state index in [2.05, 4.69) is 39.0 Å². The van der Waals surface area contributed by atoms with E-state index in [9.17, 15) is 0 Å². The fourth-order valence-electron chi connectivity index (χ4n) is 0.738. The summed E-state index contributed by atoms with van der Waals surface area (Å²) in [4.78, 5) is 0. The first-order valence-corrected chi connectivity index (χ1v) is 4.09. The second-order valence-corrected chi connectivity index (χ2v) is 3.12. The molecule has 0 aliphatic heterocycles. The quantitative estimate of drug-likeness (QED) is 0.617. The van der Waals surface area contributed by atoms with Gasteiger partial charge in [-0.25, -0.2) is 0 Å². The Labute approximate surface area is 69.4 Å². The molecule has 64 valence electrons. The van der Waals surface area contributed by atoms with Crippen LogP contribution < -0.4 is 0 Å². The standard InChI is InChI=1S/C10H18O/c1-9(2)5-4-6-10(3)7-8-11/h4-6,10-11H,7-8H2,1-3H3. The van der Waals surface area contributed by atoms with Crippen molar-refractivity contribution in [2.45, 2.75) is 27.2 Å². The monoisotopic (exact) mass is 154 g/mol. The molecule has 0 aromatic carbocycles. The molecule has 0 amide bonds. The van der Waals surface area contributed by atoms with Crippen LogP contribution in [0.5, 0.6) is 0 Å². The summed E-state index contributed by atoms with van der Waals surface area (Å²) in [6.07, 6.45) is 7.10. The van der Waals surface area contributed by atoms with Crippen molar-refractivity contribution < 1.29 is 5.11 Å². The average Bonchev–Trinajstić information content (AvgIpc) is 1.87. The molecule has 1 heteroatoms. The average molecular weight is 154 g/mol. The molecule has 0 spiro atoms. The molecular formula is C10H18O. The van der Waals surface area contributed by atoms with Crippen LogP contribution in [-0.2, 0) is 0 Å². The predicted octanol–water partition coefficient (Wildman–Crippen LogP) is 2.53. The molecule has 0 bridgehead atoms. The van der Waals surface area contributed by atoms with Gasteiger partial charge < -0.3 is 5.11 Å². The van der Waals surface area contributed by atoms with E-state index in [0.717, 1.165) is 6.42 Å². The summed E-state index contributed by atoms with van der Waals surface area (Å²) in [5.74, 6) is 0.482. The van der Waals surface area contributed by atoms with Crippen LogP contribution in [-0.4, -0.2) is 11.7 Å². The van der Waals surface area contributed by atoms with Crippen LogP contribution in [0.4, 0.5) is 0 Å². The summed E-state index contributed by atoms with van der Waals surface area (Å²) in [7, 11) is 0. The van der Waals surface area contributed by atoms with Gasteiger partial charge in [0.15, 0.2) is 0 Å². The minimum Gasteiger partial charge on any atom is -0.396 e. The Morgan fingerprint density at radius 1 is 1.45 bits per heavy atom. The molecule has 0 aliphatic carbocycles. The van der Waals surface area contributed by atoms with Crippen LogP contribution in [0.2, 0.25) is 0 Å². The van der Waals surface area contributed by atoms with Crippen molar-refractivity contribution in [1.29, 1.82) is 0 Å². The number of rotatable bonds is 4. The largest absolute Gasteiger partial charge is 0.396 e. The second-order valence-electron chi connectivity index (χ2n) is 3.12.